The molecule has 1 amide bonds. The third-order valence-corrected chi connectivity index (χ3v) is 4.89. The zero-order chi connectivity index (χ0) is 18.5. The SMILES string of the molecule is O=C(CSc1ccc(-c2ccc(Cl)cc2)nn1)Nc1cc(Cl)cc(Cl)c1. The van der Waals surface area contributed by atoms with Crippen molar-refractivity contribution < 1.29 is 4.79 Å². The maximum Gasteiger partial charge on any atom is 0.234 e. The van der Waals surface area contributed by atoms with Gasteiger partial charge in [-0.05, 0) is 42.5 Å². The van der Waals surface area contributed by atoms with E-state index in [4.69, 9.17) is 34.8 Å². The Balaban J connectivity index is 1.57. The lowest BCUT2D eigenvalue weighted by Crippen LogP contribution is -2.14. The Morgan fingerprint density at radius 1 is 0.885 bits per heavy atom. The van der Waals surface area contributed by atoms with Crippen molar-refractivity contribution in [1.82, 2.24) is 10.2 Å². The zero-order valence-corrected chi connectivity index (χ0v) is 16.3. The van der Waals surface area contributed by atoms with Crippen molar-refractivity contribution >= 4 is 58.2 Å². The number of anilines is 1. The maximum absolute atomic E-state index is 12.0. The molecular formula is C18H12Cl3N3OS. The smallest absolute Gasteiger partial charge is 0.234 e. The molecule has 132 valence electrons. The summed E-state index contributed by atoms with van der Waals surface area (Å²) in [6.45, 7) is 0. The molecule has 2 aromatic carbocycles. The summed E-state index contributed by atoms with van der Waals surface area (Å²) in [4.78, 5) is 12.0. The van der Waals surface area contributed by atoms with Crippen LogP contribution >= 0.6 is 46.6 Å². The molecule has 8 heteroatoms. The predicted octanol–water partition coefficient (Wildman–Crippen LogP) is 5.83. The van der Waals surface area contributed by atoms with E-state index in [2.05, 4.69) is 15.5 Å². The third-order valence-electron chi connectivity index (χ3n) is 3.28. The minimum Gasteiger partial charge on any atom is -0.325 e. The van der Waals surface area contributed by atoms with Crippen LogP contribution in [0.25, 0.3) is 11.3 Å². The number of hydrogen-bond acceptors (Lipinski definition) is 4. The number of thioether (sulfide) groups is 1. The number of hydrogen-bond donors (Lipinski definition) is 1. The number of aromatic nitrogens is 2. The molecule has 0 aliphatic heterocycles. The lowest BCUT2D eigenvalue weighted by Gasteiger charge is -2.06. The summed E-state index contributed by atoms with van der Waals surface area (Å²) in [5, 5.41) is 13.3. The molecule has 1 N–H and O–H groups in total. The van der Waals surface area contributed by atoms with Crippen LogP contribution < -0.4 is 5.32 Å². The van der Waals surface area contributed by atoms with Crippen LogP contribution in [0.15, 0.2) is 59.6 Å². The molecule has 0 aliphatic carbocycles. The van der Waals surface area contributed by atoms with Crippen molar-refractivity contribution in [2.45, 2.75) is 5.03 Å². The molecule has 3 rings (SSSR count). The average molecular weight is 425 g/mol. The average Bonchev–Trinajstić information content (AvgIpc) is 2.60. The molecule has 0 fully saturated rings. The zero-order valence-electron chi connectivity index (χ0n) is 13.2. The number of carbonyl (C=O) groups is 1. The number of nitrogens with zero attached hydrogens (tertiary/aromatic N) is 2. The second-order valence-electron chi connectivity index (χ2n) is 5.26. The molecule has 0 spiro atoms. The van der Waals surface area contributed by atoms with Crippen LogP contribution in [0.4, 0.5) is 5.69 Å². The van der Waals surface area contributed by atoms with E-state index in [1.165, 1.54) is 11.8 Å². The Kier molecular flexibility index (Phi) is 6.38. The Hall–Kier alpha value is -1.79. The van der Waals surface area contributed by atoms with Gasteiger partial charge in [-0.3, -0.25) is 4.79 Å². The highest BCUT2D eigenvalue weighted by atomic mass is 35.5. The standard InChI is InChI=1S/C18H12Cl3N3OS/c19-12-3-1-11(2-4-12)16-5-6-18(24-23-16)26-10-17(25)22-15-8-13(20)7-14(21)9-15/h1-9H,10H2,(H,22,25). The number of benzene rings is 2. The Bertz CT molecular complexity index is 898. The monoisotopic (exact) mass is 423 g/mol. The van der Waals surface area contributed by atoms with Crippen molar-refractivity contribution in [3.8, 4) is 11.3 Å². The minimum atomic E-state index is -0.183. The summed E-state index contributed by atoms with van der Waals surface area (Å²) in [6, 6.07) is 15.9. The number of nitrogens with one attached hydrogen (secondary N) is 1. The molecular weight excluding hydrogens is 413 g/mol. The maximum atomic E-state index is 12.0. The first-order chi connectivity index (χ1) is 12.5. The summed E-state index contributed by atoms with van der Waals surface area (Å²) in [7, 11) is 0. The van der Waals surface area contributed by atoms with Crippen molar-refractivity contribution in [3.05, 3.63) is 69.7 Å². The van der Waals surface area contributed by atoms with Gasteiger partial charge in [0.05, 0.1) is 11.4 Å². The summed E-state index contributed by atoms with van der Waals surface area (Å²) in [5.74, 6) is 0.0101. The van der Waals surface area contributed by atoms with Gasteiger partial charge in [0, 0.05) is 26.3 Å². The third kappa shape index (κ3) is 5.35. The molecule has 0 atom stereocenters. The van der Waals surface area contributed by atoms with Gasteiger partial charge in [-0.2, -0.15) is 0 Å². The van der Waals surface area contributed by atoms with Crippen molar-refractivity contribution in [3.63, 3.8) is 0 Å². The Morgan fingerprint density at radius 3 is 2.19 bits per heavy atom. The molecule has 3 aromatic rings. The quantitative estimate of drug-likeness (QED) is 0.523. The molecule has 4 nitrogen and oxygen atoms in total. The van der Waals surface area contributed by atoms with E-state index in [1.807, 2.05) is 24.3 Å². The van der Waals surface area contributed by atoms with E-state index < -0.39 is 0 Å². The highest BCUT2D eigenvalue weighted by Crippen LogP contribution is 2.24. The van der Waals surface area contributed by atoms with Gasteiger partial charge in [-0.1, -0.05) is 58.7 Å². The van der Waals surface area contributed by atoms with Crippen molar-refractivity contribution in [1.29, 1.82) is 0 Å². The van der Waals surface area contributed by atoms with Gasteiger partial charge in [0.2, 0.25) is 5.91 Å². The summed E-state index contributed by atoms with van der Waals surface area (Å²) in [6.07, 6.45) is 0. The van der Waals surface area contributed by atoms with Crippen LogP contribution in [-0.4, -0.2) is 21.9 Å². The number of rotatable bonds is 5. The topological polar surface area (TPSA) is 54.9 Å². The molecule has 0 unspecified atom stereocenters. The van der Waals surface area contributed by atoms with Crippen molar-refractivity contribution in [2.24, 2.45) is 0 Å². The van der Waals surface area contributed by atoms with Gasteiger partial charge >= 0.3 is 0 Å². The predicted molar refractivity (Wildman–Crippen MR) is 108 cm³/mol. The summed E-state index contributed by atoms with van der Waals surface area (Å²) in [5.41, 5.74) is 2.22. The normalized spacial score (nSPS) is 10.6. The van der Waals surface area contributed by atoms with Crippen LogP contribution in [0.5, 0.6) is 0 Å². The molecule has 0 saturated heterocycles. The molecule has 0 radical (unpaired) electrons. The highest BCUT2D eigenvalue weighted by molar-refractivity contribution is 7.99. The van der Waals surface area contributed by atoms with Gasteiger partial charge < -0.3 is 5.32 Å². The molecule has 1 aromatic heterocycles. The summed E-state index contributed by atoms with van der Waals surface area (Å²) < 4.78 is 0. The largest absolute Gasteiger partial charge is 0.325 e. The van der Waals surface area contributed by atoms with E-state index in [0.717, 1.165) is 11.3 Å². The van der Waals surface area contributed by atoms with Crippen LogP contribution in [0.2, 0.25) is 15.1 Å². The number of carbonyl (C=O) groups excluding carboxylic acids is 1. The van der Waals surface area contributed by atoms with E-state index in [0.29, 0.717) is 25.8 Å². The van der Waals surface area contributed by atoms with Crippen LogP contribution in [0.1, 0.15) is 0 Å². The lowest BCUT2D eigenvalue weighted by molar-refractivity contribution is -0.113. The molecule has 0 aliphatic rings. The number of halogens is 3. The van der Waals surface area contributed by atoms with Crippen molar-refractivity contribution in [2.75, 3.05) is 11.1 Å². The molecule has 1 heterocycles. The molecule has 0 bridgehead atoms. The van der Waals surface area contributed by atoms with Crippen LogP contribution in [0, 0.1) is 0 Å². The fraction of sp³-hybridized carbons (Fsp3) is 0.0556. The van der Waals surface area contributed by atoms with E-state index in [-0.39, 0.29) is 11.7 Å². The van der Waals surface area contributed by atoms with Gasteiger partial charge in [-0.15, -0.1) is 10.2 Å². The van der Waals surface area contributed by atoms with Gasteiger partial charge in [0.25, 0.3) is 0 Å². The van der Waals surface area contributed by atoms with Gasteiger partial charge in [0.15, 0.2) is 0 Å². The van der Waals surface area contributed by atoms with Gasteiger partial charge in [0.1, 0.15) is 5.03 Å². The van der Waals surface area contributed by atoms with E-state index in [1.54, 1.807) is 30.3 Å². The van der Waals surface area contributed by atoms with E-state index >= 15 is 0 Å². The first kappa shape index (κ1) is 19.0. The molecule has 0 saturated carbocycles. The highest BCUT2D eigenvalue weighted by Gasteiger charge is 2.07. The fourth-order valence-corrected chi connectivity index (χ4v) is 3.40. The fourth-order valence-electron chi connectivity index (χ4n) is 2.13. The number of amides is 1. The van der Waals surface area contributed by atoms with Crippen LogP contribution in [-0.2, 0) is 4.79 Å². The summed E-state index contributed by atoms with van der Waals surface area (Å²) >= 11 is 19.0. The lowest BCUT2D eigenvalue weighted by atomic mass is 10.1. The second-order valence-corrected chi connectivity index (χ2v) is 7.56. The minimum absolute atomic E-state index is 0.183. The first-order valence-electron chi connectivity index (χ1n) is 7.48. The Morgan fingerprint density at radius 2 is 1.58 bits per heavy atom. The first-order valence-corrected chi connectivity index (χ1v) is 9.60. The van der Waals surface area contributed by atoms with E-state index in [9.17, 15) is 4.79 Å². The van der Waals surface area contributed by atoms with Crippen LogP contribution in [0.3, 0.4) is 0 Å². The second kappa shape index (κ2) is 8.73. The Labute approximate surface area is 169 Å². The molecule has 26 heavy (non-hydrogen) atoms. The van der Waals surface area contributed by atoms with Gasteiger partial charge in [-0.25, -0.2) is 0 Å².